The predicted molar refractivity (Wildman–Crippen MR) is 76.9 cm³/mol. The van der Waals surface area contributed by atoms with Gasteiger partial charge in [0.15, 0.2) is 4.34 Å². The van der Waals surface area contributed by atoms with Crippen LogP contribution < -0.4 is 5.32 Å². The summed E-state index contributed by atoms with van der Waals surface area (Å²) in [6.07, 6.45) is 2.12. The molecule has 1 aromatic rings. The quantitative estimate of drug-likeness (QED) is 0.738. The molecule has 0 bridgehead atoms. The maximum atomic E-state index is 4.48. The fraction of sp³-hybridized carbons (Fsp3) is 0.833. The summed E-state index contributed by atoms with van der Waals surface area (Å²) in [5, 5.41) is 3.60. The summed E-state index contributed by atoms with van der Waals surface area (Å²) in [5.41, 5.74) is 0. The molecule has 0 aliphatic heterocycles. The fourth-order valence-electron chi connectivity index (χ4n) is 1.42. The van der Waals surface area contributed by atoms with E-state index < -0.39 is 0 Å². The van der Waals surface area contributed by atoms with Crippen LogP contribution in [0.4, 0.5) is 0 Å². The molecule has 0 aliphatic carbocycles. The Kier molecular flexibility index (Phi) is 7.08. The zero-order valence-electron chi connectivity index (χ0n) is 11.2. The molecule has 0 spiro atoms. The third-order valence-corrected chi connectivity index (χ3v) is 4.60. The Morgan fingerprint density at radius 3 is 2.65 bits per heavy atom. The van der Waals surface area contributed by atoms with Gasteiger partial charge < -0.3 is 5.32 Å². The fourth-order valence-corrected chi connectivity index (χ4v) is 3.44. The molecule has 1 N–H and O–H groups in total. The van der Waals surface area contributed by atoms with Crippen LogP contribution in [-0.2, 0) is 6.42 Å². The number of nitrogens with one attached hydrogen (secondary N) is 1. The Bertz CT molecular complexity index is 312. The van der Waals surface area contributed by atoms with E-state index in [2.05, 4.69) is 42.4 Å². The van der Waals surface area contributed by atoms with Crippen LogP contribution >= 0.6 is 23.3 Å². The maximum absolute atomic E-state index is 4.48. The van der Waals surface area contributed by atoms with Crippen molar-refractivity contribution in [2.45, 2.75) is 50.9 Å². The van der Waals surface area contributed by atoms with Crippen molar-refractivity contribution in [2.24, 2.45) is 5.92 Å². The average molecular weight is 273 g/mol. The first-order valence-corrected chi connectivity index (χ1v) is 8.12. The lowest BCUT2D eigenvalue weighted by Gasteiger charge is -2.21. The summed E-state index contributed by atoms with van der Waals surface area (Å²) in [4.78, 5) is 4.48. The number of aromatic nitrogens is 2. The van der Waals surface area contributed by atoms with Crippen molar-refractivity contribution in [3.63, 3.8) is 0 Å². The van der Waals surface area contributed by atoms with E-state index in [0.717, 1.165) is 28.9 Å². The second-order valence-electron chi connectivity index (χ2n) is 4.45. The molecule has 0 aliphatic rings. The van der Waals surface area contributed by atoms with Gasteiger partial charge in [0, 0.05) is 18.2 Å². The van der Waals surface area contributed by atoms with Gasteiger partial charge in [-0.25, -0.2) is 4.98 Å². The maximum Gasteiger partial charge on any atom is 0.170 e. The first-order valence-electron chi connectivity index (χ1n) is 6.36. The number of rotatable bonds is 8. The van der Waals surface area contributed by atoms with Crippen molar-refractivity contribution in [1.82, 2.24) is 14.7 Å². The first-order chi connectivity index (χ1) is 8.17. The highest BCUT2D eigenvalue weighted by molar-refractivity contribution is 8.00. The summed E-state index contributed by atoms with van der Waals surface area (Å²) in [7, 11) is 0. The number of nitrogens with zero attached hydrogens (tertiary/aromatic N) is 2. The van der Waals surface area contributed by atoms with E-state index in [0.29, 0.717) is 12.0 Å². The SMILES string of the molecule is CCCNC(CSc1nc(CC)ns1)C(C)C. The molecule has 0 fully saturated rings. The van der Waals surface area contributed by atoms with E-state index in [1.165, 1.54) is 18.0 Å². The molecule has 5 heteroatoms. The average Bonchev–Trinajstić information content (AvgIpc) is 2.76. The van der Waals surface area contributed by atoms with Crippen molar-refractivity contribution >= 4 is 23.3 Å². The van der Waals surface area contributed by atoms with Crippen LogP contribution in [0.3, 0.4) is 0 Å². The van der Waals surface area contributed by atoms with Gasteiger partial charge >= 0.3 is 0 Å². The molecule has 1 heterocycles. The van der Waals surface area contributed by atoms with Gasteiger partial charge in [-0.1, -0.05) is 39.5 Å². The number of hydrogen-bond donors (Lipinski definition) is 1. The normalized spacial score (nSPS) is 13.2. The summed E-state index contributed by atoms with van der Waals surface area (Å²) < 4.78 is 5.41. The van der Waals surface area contributed by atoms with Crippen molar-refractivity contribution < 1.29 is 0 Å². The topological polar surface area (TPSA) is 37.8 Å². The third kappa shape index (κ3) is 5.36. The Morgan fingerprint density at radius 2 is 2.12 bits per heavy atom. The molecule has 0 saturated carbocycles. The number of hydrogen-bond acceptors (Lipinski definition) is 5. The van der Waals surface area contributed by atoms with Crippen LogP contribution in [0, 0.1) is 5.92 Å². The van der Waals surface area contributed by atoms with Crippen molar-refractivity contribution in [3.8, 4) is 0 Å². The lowest BCUT2D eigenvalue weighted by Crippen LogP contribution is -2.36. The van der Waals surface area contributed by atoms with Gasteiger partial charge in [0.2, 0.25) is 0 Å². The van der Waals surface area contributed by atoms with E-state index in [9.17, 15) is 0 Å². The zero-order chi connectivity index (χ0) is 12.7. The lowest BCUT2D eigenvalue weighted by molar-refractivity contribution is 0.434. The largest absolute Gasteiger partial charge is 0.313 e. The standard InChI is InChI=1S/C12H23N3S2/c1-5-7-13-10(9(3)4)8-16-12-14-11(6-2)15-17-12/h9-10,13H,5-8H2,1-4H3. The minimum atomic E-state index is 0.564. The lowest BCUT2D eigenvalue weighted by atomic mass is 10.1. The Labute approximate surface area is 113 Å². The van der Waals surface area contributed by atoms with Crippen LogP contribution in [0.15, 0.2) is 4.34 Å². The smallest absolute Gasteiger partial charge is 0.170 e. The first kappa shape index (κ1) is 14.9. The highest BCUT2D eigenvalue weighted by Gasteiger charge is 2.14. The predicted octanol–water partition coefficient (Wildman–Crippen LogP) is 3.22. The van der Waals surface area contributed by atoms with Crippen LogP contribution in [0.1, 0.15) is 39.9 Å². The van der Waals surface area contributed by atoms with E-state index in [4.69, 9.17) is 0 Å². The molecule has 98 valence electrons. The van der Waals surface area contributed by atoms with E-state index in [1.54, 1.807) is 0 Å². The van der Waals surface area contributed by atoms with Gasteiger partial charge in [0.05, 0.1) is 0 Å². The second kappa shape index (κ2) is 8.06. The summed E-state index contributed by atoms with van der Waals surface area (Å²) in [6, 6.07) is 0.564. The number of thioether (sulfide) groups is 1. The molecule has 1 unspecified atom stereocenters. The molecular formula is C12H23N3S2. The van der Waals surface area contributed by atoms with Crippen LogP contribution in [-0.4, -0.2) is 27.7 Å². The molecule has 3 nitrogen and oxygen atoms in total. The minimum Gasteiger partial charge on any atom is -0.313 e. The molecule has 0 radical (unpaired) electrons. The summed E-state index contributed by atoms with van der Waals surface area (Å²) in [6.45, 7) is 9.93. The third-order valence-electron chi connectivity index (χ3n) is 2.61. The molecule has 1 atom stereocenters. The molecule has 1 aromatic heterocycles. The van der Waals surface area contributed by atoms with Gasteiger partial charge in [-0.3, -0.25) is 0 Å². The van der Waals surface area contributed by atoms with Crippen LogP contribution in [0.25, 0.3) is 0 Å². The summed E-state index contributed by atoms with van der Waals surface area (Å²) >= 11 is 3.35. The highest BCUT2D eigenvalue weighted by atomic mass is 32.2. The second-order valence-corrected chi connectivity index (χ2v) is 6.46. The highest BCUT2D eigenvalue weighted by Crippen LogP contribution is 2.22. The van der Waals surface area contributed by atoms with E-state index in [1.807, 2.05) is 11.8 Å². The zero-order valence-corrected chi connectivity index (χ0v) is 12.8. The Balaban J connectivity index is 2.40. The molecule has 0 saturated heterocycles. The van der Waals surface area contributed by atoms with Gasteiger partial charge in [-0.05, 0) is 30.4 Å². The molecule has 17 heavy (non-hydrogen) atoms. The molecular weight excluding hydrogens is 250 g/mol. The van der Waals surface area contributed by atoms with Gasteiger partial charge in [0.1, 0.15) is 5.82 Å². The van der Waals surface area contributed by atoms with Crippen LogP contribution in [0.5, 0.6) is 0 Å². The summed E-state index contributed by atoms with van der Waals surface area (Å²) in [5.74, 6) is 2.71. The van der Waals surface area contributed by atoms with Gasteiger partial charge in [-0.15, -0.1) is 0 Å². The monoisotopic (exact) mass is 273 g/mol. The van der Waals surface area contributed by atoms with Crippen molar-refractivity contribution in [3.05, 3.63) is 5.82 Å². The van der Waals surface area contributed by atoms with Gasteiger partial charge in [0.25, 0.3) is 0 Å². The van der Waals surface area contributed by atoms with E-state index >= 15 is 0 Å². The minimum absolute atomic E-state index is 0.564. The Morgan fingerprint density at radius 1 is 1.35 bits per heavy atom. The molecule has 1 rings (SSSR count). The van der Waals surface area contributed by atoms with Crippen LogP contribution in [0.2, 0.25) is 0 Å². The molecule has 0 amide bonds. The van der Waals surface area contributed by atoms with Gasteiger partial charge in [-0.2, -0.15) is 4.37 Å². The van der Waals surface area contributed by atoms with Crippen molar-refractivity contribution in [1.29, 1.82) is 0 Å². The molecule has 0 aromatic carbocycles. The van der Waals surface area contributed by atoms with E-state index in [-0.39, 0.29) is 0 Å². The Hall–Kier alpha value is -0.130. The van der Waals surface area contributed by atoms with Crippen molar-refractivity contribution in [2.75, 3.05) is 12.3 Å². The number of aryl methyl sites for hydroxylation is 1.